The maximum atomic E-state index is 12.4. The van der Waals surface area contributed by atoms with Crippen molar-refractivity contribution in [2.24, 2.45) is 52.3 Å². The number of amides is 1. The number of ketones is 1. The number of rotatable bonds is 15. The zero-order valence-corrected chi connectivity index (χ0v) is 28.1. The first kappa shape index (κ1) is 33.7. The third-order valence-electron chi connectivity index (χ3n) is 12.4. The Hall–Kier alpha value is -1.20. The Kier molecular flexibility index (Phi) is 11.8. The van der Waals surface area contributed by atoms with Crippen molar-refractivity contribution < 1.29 is 19.1 Å². The maximum Gasteiger partial charge on any atom is 0.246 e. The summed E-state index contributed by atoms with van der Waals surface area (Å²) < 4.78 is 11.6. The molecule has 0 aromatic carbocycles. The van der Waals surface area contributed by atoms with Gasteiger partial charge in [-0.3, -0.25) is 9.59 Å². The lowest BCUT2D eigenvalue weighted by Crippen LogP contribution is -2.51. The molecular weight excluding hydrogens is 522 g/mol. The first-order valence-electron chi connectivity index (χ1n) is 17.6. The average molecular weight is 586 g/mol. The number of fused-ring (bicyclic) bond motifs is 5. The van der Waals surface area contributed by atoms with Gasteiger partial charge in [0.15, 0.2) is 0 Å². The minimum Gasteiger partial charge on any atom is -0.379 e. The number of Topliss-reactive ketones (excluding diaryl/α,β-unsaturated/α-hetero) is 1. The second-order valence-corrected chi connectivity index (χ2v) is 15.8. The van der Waals surface area contributed by atoms with Crippen LogP contribution in [0.15, 0.2) is 11.6 Å². The Bertz CT molecular complexity index is 942. The molecule has 0 heterocycles. The van der Waals surface area contributed by atoms with Crippen molar-refractivity contribution in [2.45, 2.75) is 132 Å². The van der Waals surface area contributed by atoms with Gasteiger partial charge in [-0.05, 0) is 97.7 Å². The van der Waals surface area contributed by atoms with E-state index >= 15 is 0 Å². The molecule has 5 nitrogen and oxygen atoms in total. The second-order valence-electron chi connectivity index (χ2n) is 15.8. The van der Waals surface area contributed by atoms with Crippen molar-refractivity contribution in [3.8, 4) is 0 Å². The van der Waals surface area contributed by atoms with Crippen LogP contribution in [-0.4, -0.2) is 44.2 Å². The monoisotopic (exact) mass is 585 g/mol. The van der Waals surface area contributed by atoms with E-state index in [1.54, 1.807) is 5.57 Å². The number of carbonyl (C=O) groups excluding carboxylic acids is 2. The van der Waals surface area contributed by atoms with Crippen molar-refractivity contribution in [3.63, 3.8) is 0 Å². The summed E-state index contributed by atoms with van der Waals surface area (Å²) in [5.41, 5.74) is 2.45. The molecule has 1 N–H and O–H groups in total. The number of nitrogens with one attached hydrogen (secondary N) is 1. The van der Waals surface area contributed by atoms with Gasteiger partial charge in [-0.25, -0.2) is 0 Å². The van der Waals surface area contributed by atoms with Crippen LogP contribution in [0.2, 0.25) is 0 Å². The molecule has 4 aliphatic rings. The normalized spacial score (nSPS) is 34.9. The summed E-state index contributed by atoms with van der Waals surface area (Å²) in [5.74, 6) is 5.32. The Labute approximate surface area is 257 Å². The number of allylic oxidation sites excluding steroid dienone is 1. The standard InChI is InChI=1S/C37H63NO4/c1-25(2)9-8-10-27(5)31-13-14-32-30-12-11-28-23-29(15-18-36(28,6)33(30)16-19-37(31,32)7)42-24-35(40)38-20-22-41-21-17-34(39)26(3)4/h11,25-27,29-33H,8-10,12-24H2,1-7H3,(H,38,40)/t27-,29?,30+,31-,32+,33+,36+,37-/m1/s1. The fourth-order valence-electron chi connectivity index (χ4n) is 9.86. The lowest BCUT2D eigenvalue weighted by Gasteiger charge is -2.58. The van der Waals surface area contributed by atoms with E-state index in [4.69, 9.17) is 9.47 Å². The molecule has 42 heavy (non-hydrogen) atoms. The van der Waals surface area contributed by atoms with Gasteiger partial charge >= 0.3 is 0 Å². The topological polar surface area (TPSA) is 64.6 Å². The SMILES string of the molecule is CC(C)CCC[C@@H](C)[C@H]1CC[C@H]2[C@@H]3CC=C4CC(OCC(=O)NCCOCCC(=O)C(C)C)CC[C@]4(C)[C@H]3CC[C@]12C. The van der Waals surface area contributed by atoms with Gasteiger partial charge in [0.1, 0.15) is 12.4 Å². The van der Waals surface area contributed by atoms with Crippen LogP contribution in [0, 0.1) is 52.3 Å². The van der Waals surface area contributed by atoms with Gasteiger partial charge in [-0.15, -0.1) is 0 Å². The van der Waals surface area contributed by atoms with Crippen LogP contribution < -0.4 is 5.32 Å². The van der Waals surface area contributed by atoms with Crippen LogP contribution in [0.25, 0.3) is 0 Å². The molecule has 4 rings (SSSR count). The van der Waals surface area contributed by atoms with E-state index in [1.807, 2.05) is 13.8 Å². The van der Waals surface area contributed by atoms with Gasteiger partial charge in [0.2, 0.25) is 5.91 Å². The summed E-state index contributed by atoms with van der Waals surface area (Å²) in [6.45, 7) is 17.8. The minimum atomic E-state index is -0.0799. The Balaban J connectivity index is 1.23. The molecule has 0 spiro atoms. The summed E-state index contributed by atoms with van der Waals surface area (Å²) in [4.78, 5) is 24.0. The van der Waals surface area contributed by atoms with Crippen molar-refractivity contribution in [1.82, 2.24) is 5.32 Å². The van der Waals surface area contributed by atoms with Gasteiger partial charge in [-0.1, -0.05) is 79.4 Å². The zero-order valence-electron chi connectivity index (χ0n) is 28.1. The highest BCUT2D eigenvalue weighted by atomic mass is 16.5. The Morgan fingerprint density at radius 2 is 1.76 bits per heavy atom. The molecule has 1 amide bonds. The predicted octanol–water partition coefficient (Wildman–Crippen LogP) is 8.16. The van der Waals surface area contributed by atoms with E-state index in [2.05, 4.69) is 46.0 Å². The molecule has 8 atom stereocenters. The molecule has 0 aliphatic heterocycles. The van der Waals surface area contributed by atoms with Gasteiger partial charge in [0.05, 0.1) is 19.3 Å². The number of ether oxygens (including phenoxy) is 2. The Morgan fingerprint density at radius 1 is 0.976 bits per heavy atom. The van der Waals surface area contributed by atoms with Crippen LogP contribution >= 0.6 is 0 Å². The fraction of sp³-hybridized carbons (Fsp3) is 0.892. The first-order valence-corrected chi connectivity index (χ1v) is 17.6. The van der Waals surface area contributed by atoms with Gasteiger partial charge in [-0.2, -0.15) is 0 Å². The van der Waals surface area contributed by atoms with Crippen molar-refractivity contribution in [2.75, 3.05) is 26.4 Å². The molecule has 1 unspecified atom stereocenters. The van der Waals surface area contributed by atoms with E-state index in [-0.39, 0.29) is 30.3 Å². The van der Waals surface area contributed by atoms with Crippen LogP contribution in [0.1, 0.15) is 126 Å². The zero-order chi connectivity index (χ0) is 30.5. The third kappa shape index (κ3) is 7.71. The molecule has 0 aromatic heterocycles. The molecule has 3 saturated carbocycles. The molecule has 0 bridgehead atoms. The van der Waals surface area contributed by atoms with Crippen molar-refractivity contribution >= 4 is 11.7 Å². The van der Waals surface area contributed by atoms with Crippen LogP contribution in [0.5, 0.6) is 0 Å². The van der Waals surface area contributed by atoms with Gasteiger partial charge in [0.25, 0.3) is 0 Å². The predicted molar refractivity (Wildman–Crippen MR) is 171 cm³/mol. The Morgan fingerprint density at radius 3 is 2.50 bits per heavy atom. The van der Waals surface area contributed by atoms with E-state index in [9.17, 15) is 9.59 Å². The summed E-state index contributed by atoms with van der Waals surface area (Å²) in [5, 5.41) is 2.90. The highest BCUT2D eigenvalue weighted by molar-refractivity contribution is 5.80. The smallest absolute Gasteiger partial charge is 0.246 e. The number of hydrogen-bond acceptors (Lipinski definition) is 4. The molecule has 0 aromatic rings. The van der Waals surface area contributed by atoms with E-state index in [0.717, 1.165) is 48.3 Å². The molecule has 3 fully saturated rings. The molecule has 4 aliphatic carbocycles. The highest BCUT2D eigenvalue weighted by Gasteiger charge is 2.59. The summed E-state index contributed by atoms with van der Waals surface area (Å²) in [7, 11) is 0. The third-order valence-corrected chi connectivity index (χ3v) is 12.4. The highest BCUT2D eigenvalue weighted by Crippen LogP contribution is 2.67. The summed E-state index contributed by atoms with van der Waals surface area (Å²) in [6, 6.07) is 0. The molecule has 0 saturated heterocycles. The van der Waals surface area contributed by atoms with Crippen LogP contribution in [0.4, 0.5) is 0 Å². The quantitative estimate of drug-likeness (QED) is 0.156. The van der Waals surface area contributed by atoms with Gasteiger partial charge in [0, 0.05) is 18.9 Å². The molecular formula is C37H63NO4. The summed E-state index contributed by atoms with van der Waals surface area (Å²) >= 11 is 0. The van der Waals surface area contributed by atoms with Crippen molar-refractivity contribution in [1.29, 1.82) is 0 Å². The lowest BCUT2D eigenvalue weighted by atomic mass is 9.47. The fourth-order valence-corrected chi connectivity index (χ4v) is 9.86. The molecule has 240 valence electrons. The lowest BCUT2D eigenvalue weighted by molar-refractivity contribution is -0.129. The average Bonchev–Trinajstić information content (AvgIpc) is 3.30. The number of hydrogen-bond donors (Lipinski definition) is 1. The molecule has 0 radical (unpaired) electrons. The van der Waals surface area contributed by atoms with E-state index < -0.39 is 0 Å². The van der Waals surface area contributed by atoms with Crippen molar-refractivity contribution in [3.05, 3.63) is 11.6 Å². The van der Waals surface area contributed by atoms with Crippen LogP contribution in [0.3, 0.4) is 0 Å². The van der Waals surface area contributed by atoms with Gasteiger partial charge < -0.3 is 14.8 Å². The summed E-state index contributed by atoms with van der Waals surface area (Å²) in [6.07, 6.45) is 17.5. The van der Waals surface area contributed by atoms with E-state index in [1.165, 1.54) is 57.8 Å². The largest absolute Gasteiger partial charge is 0.379 e. The number of carbonyl (C=O) groups is 2. The maximum absolute atomic E-state index is 12.4. The first-order chi connectivity index (χ1) is 20.0. The minimum absolute atomic E-state index is 0.0467. The second kappa shape index (κ2) is 14.7. The van der Waals surface area contributed by atoms with Crippen LogP contribution in [-0.2, 0) is 19.1 Å². The molecule has 5 heteroatoms. The van der Waals surface area contributed by atoms with E-state index in [0.29, 0.717) is 37.0 Å².